The van der Waals surface area contributed by atoms with Crippen LogP contribution < -0.4 is 0 Å². The number of pyridine rings is 1. The van der Waals surface area contributed by atoms with Crippen LogP contribution in [0.15, 0.2) is 59.5 Å². The number of fused-ring (bicyclic) bond motifs is 1. The number of aromatic nitrogens is 1. The Hall–Kier alpha value is -2.33. The lowest BCUT2D eigenvalue weighted by Gasteiger charge is -2.15. The molecule has 0 saturated carbocycles. The van der Waals surface area contributed by atoms with E-state index in [2.05, 4.69) is 18.2 Å². The average molecular weight is 337 g/mol. The first-order valence-corrected chi connectivity index (χ1v) is 8.92. The highest BCUT2D eigenvalue weighted by Gasteiger charge is 2.16. The predicted octanol–water partition coefficient (Wildman–Crippen LogP) is 4.87. The summed E-state index contributed by atoms with van der Waals surface area (Å²) in [5.74, 6) is 0.0863. The highest BCUT2D eigenvalue weighted by atomic mass is 32.2. The van der Waals surface area contributed by atoms with Crippen molar-refractivity contribution in [3.05, 3.63) is 60.3 Å². The van der Waals surface area contributed by atoms with E-state index in [9.17, 15) is 4.79 Å². The fourth-order valence-electron chi connectivity index (χ4n) is 2.72. The number of ether oxygens (including phenoxy) is 1. The van der Waals surface area contributed by atoms with Gasteiger partial charge in [-0.25, -0.2) is 0 Å². The number of nitrogens with zero attached hydrogens (tertiary/aromatic N) is 1. The topological polar surface area (TPSA) is 39.2 Å². The Morgan fingerprint density at radius 2 is 1.79 bits per heavy atom. The van der Waals surface area contributed by atoms with Crippen molar-refractivity contribution >= 4 is 28.6 Å². The third-order valence-electron chi connectivity index (χ3n) is 3.72. The lowest BCUT2D eigenvalue weighted by molar-refractivity contribution is -0.139. The van der Waals surface area contributed by atoms with Crippen LogP contribution in [0.1, 0.15) is 12.6 Å². The van der Waals surface area contributed by atoms with E-state index in [4.69, 9.17) is 9.72 Å². The first-order valence-electron chi connectivity index (χ1n) is 7.94. The molecule has 1 aromatic heterocycles. The van der Waals surface area contributed by atoms with Gasteiger partial charge in [0.1, 0.15) is 0 Å². The second kappa shape index (κ2) is 7.49. The molecular formula is C20H19NO2S. The van der Waals surface area contributed by atoms with Crippen molar-refractivity contribution in [2.75, 3.05) is 12.4 Å². The molecule has 4 heteroatoms. The third kappa shape index (κ3) is 3.44. The summed E-state index contributed by atoms with van der Waals surface area (Å²) in [6.07, 6.45) is 0. The maximum Gasteiger partial charge on any atom is 0.316 e. The zero-order valence-corrected chi connectivity index (χ0v) is 14.6. The van der Waals surface area contributed by atoms with Crippen molar-refractivity contribution < 1.29 is 9.53 Å². The molecule has 3 nitrogen and oxygen atoms in total. The molecule has 0 amide bonds. The van der Waals surface area contributed by atoms with Gasteiger partial charge in [-0.05, 0) is 25.5 Å². The minimum absolute atomic E-state index is 0.200. The monoisotopic (exact) mass is 337 g/mol. The highest BCUT2D eigenvalue weighted by Crippen LogP contribution is 2.38. The molecule has 24 heavy (non-hydrogen) atoms. The molecule has 0 spiro atoms. The summed E-state index contributed by atoms with van der Waals surface area (Å²) in [7, 11) is 0. The molecule has 0 atom stereocenters. The summed E-state index contributed by atoms with van der Waals surface area (Å²) in [5, 5.41) is 1.10. The first kappa shape index (κ1) is 16.5. The molecule has 0 N–H and O–H groups in total. The Morgan fingerprint density at radius 3 is 2.54 bits per heavy atom. The second-order valence-corrected chi connectivity index (χ2v) is 6.36. The zero-order valence-electron chi connectivity index (χ0n) is 13.8. The lowest BCUT2D eigenvalue weighted by atomic mass is 10.00. The van der Waals surface area contributed by atoms with Gasteiger partial charge in [-0.2, -0.15) is 0 Å². The Kier molecular flexibility index (Phi) is 5.16. The van der Waals surface area contributed by atoms with E-state index >= 15 is 0 Å². The number of rotatable bonds is 5. The minimum atomic E-state index is -0.200. The van der Waals surface area contributed by atoms with Gasteiger partial charge in [0.15, 0.2) is 0 Å². The van der Waals surface area contributed by atoms with Gasteiger partial charge in [0.2, 0.25) is 0 Å². The summed E-state index contributed by atoms with van der Waals surface area (Å²) >= 11 is 1.49. The van der Waals surface area contributed by atoms with Gasteiger partial charge in [0.05, 0.1) is 23.6 Å². The molecule has 3 rings (SSSR count). The molecular weight excluding hydrogens is 318 g/mol. The summed E-state index contributed by atoms with van der Waals surface area (Å²) in [5.41, 5.74) is 4.16. The van der Waals surface area contributed by atoms with E-state index in [0.717, 1.165) is 32.6 Å². The molecule has 0 aliphatic carbocycles. The SMILES string of the molecule is CCOC(=O)CSc1c(C)nc2ccccc2c1-c1ccccc1. The fourth-order valence-corrected chi connectivity index (χ4v) is 3.69. The first-order chi connectivity index (χ1) is 11.7. The number of hydrogen-bond acceptors (Lipinski definition) is 4. The predicted molar refractivity (Wildman–Crippen MR) is 99.3 cm³/mol. The van der Waals surface area contributed by atoms with Crippen LogP contribution in [-0.2, 0) is 9.53 Å². The van der Waals surface area contributed by atoms with E-state index in [1.807, 2.05) is 50.2 Å². The van der Waals surface area contributed by atoms with Gasteiger partial charge in [-0.3, -0.25) is 9.78 Å². The van der Waals surface area contributed by atoms with Crippen molar-refractivity contribution in [2.45, 2.75) is 18.7 Å². The molecule has 1 heterocycles. The van der Waals surface area contributed by atoms with Crippen LogP contribution in [-0.4, -0.2) is 23.3 Å². The Labute approximate surface area is 146 Å². The van der Waals surface area contributed by atoms with Crippen LogP contribution in [0.4, 0.5) is 0 Å². The number of hydrogen-bond donors (Lipinski definition) is 0. The van der Waals surface area contributed by atoms with Crippen molar-refractivity contribution in [2.24, 2.45) is 0 Å². The summed E-state index contributed by atoms with van der Waals surface area (Å²) in [6, 6.07) is 18.4. The number of benzene rings is 2. The molecule has 0 unspecified atom stereocenters. The van der Waals surface area contributed by atoms with Crippen LogP contribution in [0, 0.1) is 6.92 Å². The van der Waals surface area contributed by atoms with Crippen LogP contribution in [0.3, 0.4) is 0 Å². The molecule has 2 aromatic carbocycles. The molecule has 0 aliphatic heterocycles. The minimum Gasteiger partial charge on any atom is -0.465 e. The van der Waals surface area contributed by atoms with Crippen molar-refractivity contribution in [1.29, 1.82) is 0 Å². The number of thioether (sulfide) groups is 1. The van der Waals surface area contributed by atoms with Crippen LogP contribution in [0.25, 0.3) is 22.0 Å². The normalized spacial score (nSPS) is 10.8. The van der Waals surface area contributed by atoms with Gasteiger partial charge in [0.25, 0.3) is 0 Å². The smallest absolute Gasteiger partial charge is 0.316 e. The number of aryl methyl sites for hydroxylation is 1. The molecule has 0 aliphatic rings. The second-order valence-electron chi connectivity index (χ2n) is 5.38. The lowest BCUT2D eigenvalue weighted by Crippen LogP contribution is -2.07. The van der Waals surface area contributed by atoms with Crippen LogP contribution in [0.2, 0.25) is 0 Å². The number of esters is 1. The maximum atomic E-state index is 11.8. The van der Waals surface area contributed by atoms with Gasteiger partial charge in [-0.1, -0.05) is 48.5 Å². The van der Waals surface area contributed by atoms with Crippen molar-refractivity contribution in [3.63, 3.8) is 0 Å². The fraction of sp³-hybridized carbons (Fsp3) is 0.200. The zero-order chi connectivity index (χ0) is 16.9. The molecule has 0 saturated heterocycles. The van der Waals surface area contributed by atoms with Crippen LogP contribution >= 0.6 is 11.8 Å². The largest absolute Gasteiger partial charge is 0.465 e. The third-order valence-corrected chi connectivity index (χ3v) is 4.89. The molecule has 0 radical (unpaired) electrons. The summed E-state index contributed by atoms with van der Waals surface area (Å²) < 4.78 is 5.06. The maximum absolute atomic E-state index is 11.8. The van der Waals surface area contributed by atoms with Gasteiger partial charge >= 0.3 is 5.97 Å². The average Bonchev–Trinajstić information content (AvgIpc) is 2.60. The van der Waals surface area contributed by atoms with Gasteiger partial charge in [0, 0.05) is 15.8 Å². The van der Waals surface area contributed by atoms with E-state index in [1.165, 1.54) is 11.8 Å². The molecule has 122 valence electrons. The Balaban J connectivity index is 2.13. The summed E-state index contributed by atoms with van der Waals surface area (Å²) in [4.78, 5) is 17.5. The number of carbonyl (C=O) groups excluding carboxylic acids is 1. The quantitative estimate of drug-likeness (QED) is 0.492. The Bertz CT molecular complexity index is 862. The molecule has 0 bridgehead atoms. The number of para-hydroxylation sites is 1. The van der Waals surface area contributed by atoms with E-state index in [-0.39, 0.29) is 11.7 Å². The standard InChI is InChI=1S/C20H19NO2S/c1-3-23-18(22)13-24-20-14(2)21-17-12-8-7-11-16(17)19(20)15-9-5-4-6-10-15/h4-12H,3,13H2,1-2H3. The van der Waals surface area contributed by atoms with E-state index in [0.29, 0.717) is 6.61 Å². The number of carbonyl (C=O) groups is 1. The van der Waals surface area contributed by atoms with Crippen LogP contribution in [0.5, 0.6) is 0 Å². The van der Waals surface area contributed by atoms with E-state index < -0.39 is 0 Å². The molecule has 3 aromatic rings. The van der Waals surface area contributed by atoms with Crippen molar-refractivity contribution in [3.8, 4) is 11.1 Å². The van der Waals surface area contributed by atoms with Gasteiger partial charge < -0.3 is 4.74 Å². The Morgan fingerprint density at radius 1 is 1.08 bits per heavy atom. The van der Waals surface area contributed by atoms with E-state index in [1.54, 1.807) is 0 Å². The van der Waals surface area contributed by atoms with Crippen molar-refractivity contribution in [1.82, 2.24) is 4.98 Å². The molecule has 0 fully saturated rings. The highest BCUT2D eigenvalue weighted by molar-refractivity contribution is 8.00. The van der Waals surface area contributed by atoms with Gasteiger partial charge in [-0.15, -0.1) is 11.8 Å². The summed E-state index contributed by atoms with van der Waals surface area (Å²) in [6.45, 7) is 4.22.